The van der Waals surface area contributed by atoms with Gasteiger partial charge >= 0.3 is 5.97 Å². The van der Waals surface area contributed by atoms with Gasteiger partial charge in [0, 0.05) is 5.54 Å². The third-order valence-electron chi connectivity index (χ3n) is 2.87. The zero-order valence-corrected chi connectivity index (χ0v) is 13.4. The Balaban J connectivity index is 2.93. The summed E-state index contributed by atoms with van der Waals surface area (Å²) >= 11 is 0. The monoisotopic (exact) mass is 293 g/mol. The second-order valence-corrected chi connectivity index (χ2v) is 6.24. The van der Waals surface area contributed by atoms with Crippen molar-refractivity contribution < 1.29 is 19.4 Å². The number of ether oxygens (including phenoxy) is 1. The Hall–Kier alpha value is -2.04. The zero-order valence-electron chi connectivity index (χ0n) is 13.4. The Kier molecular flexibility index (Phi) is 4.99. The van der Waals surface area contributed by atoms with Crippen molar-refractivity contribution in [2.75, 3.05) is 0 Å². The fourth-order valence-electron chi connectivity index (χ4n) is 1.96. The van der Waals surface area contributed by atoms with E-state index in [4.69, 9.17) is 9.84 Å². The number of aromatic carboxylic acids is 1. The van der Waals surface area contributed by atoms with Crippen LogP contribution in [0.15, 0.2) is 12.1 Å². The molecule has 21 heavy (non-hydrogen) atoms. The molecule has 0 fully saturated rings. The van der Waals surface area contributed by atoms with Crippen molar-refractivity contribution >= 4 is 11.9 Å². The normalized spacial score (nSPS) is 12.7. The fourth-order valence-corrected chi connectivity index (χ4v) is 1.96. The van der Waals surface area contributed by atoms with E-state index in [9.17, 15) is 9.59 Å². The van der Waals surface area contributed by atoms with Gasteiger partial charge in [0.25, 0.3) is 5.91 Å². The van der Waals surface area contributed by atoms with E-state index in [1.807, 2.05) is 20.8 Å². The minimum absolute atomic E-state index is 0.205. The predicted molar refractivity (Wildman–Crippen MR) is 80.9 cm³/mol. The third kappa shape index (κ3) is 4.77. The molecule has 1 aromatic rings. The SMILES string of the molecule is Cc1cc(C(=O)O)cc(C)c1OC(C)C(=O)NC(C)(C)C. The molecule has 116 valence electrons. The zero-order chi connectivity index (χ0) is 16.4. The van der Waals surface area contributed by atoms with Gasteiger partial charge in [-0.2, -0.15) is 0 Å². The molecule has 0 radical (unpaired) electrons. The molecule has 1 rings (SSSR count). The van der Waals surface area contributed by atoms with Crippen LogP contribution in [0, 0.1) is 13.8 Å². The van der Waals surface area contributed by atoms with E-state index in [2.05, 4.69) is 5.32 Å². The number of rotatable bonds is 4. The first kappa shape index (κ1) is 17.0. The highest BCUT2D eigenvalue weighted by Gasteiger charge is 2.22. The topological polar surface area (TPSA) is 75.6 Å². The molecule has 0 spiro atoms. The quantitative estimate of drug-likeness (QED) is 0.895. The summed E-state index contributed by atoms with van der Waals surface area (Å²) < 4.78 is 5.71. The molecule has 0 saturated heterocycles. The number of benzene rings is 1. The average Bonchev–Trinajstić information content (AvgIpc) is 2.30. The van der Waals surface area contributed by atoms with Crippen LogP contribution in [0.1, 0.15) is 49.2 Å². The number of carbonyl (C=O) groups excluding carboxylic acids is 1. The molecule has 5 heteroatoms. The van der Waals surface area contributed by atoms with Crippen molar-refractivity contribution in [2.45, 2.75) is 53.2 Å². The number of carboxylic acid groups (broad SMARTS) is 1. The molecule has 1 amide bonds. The molecule has 0 bridgehead atoms. The summed E-state index contributed by atoms with van der Waals surface area (Å²) in [6.45, 7) is 10.9. The van der Waals surface area contributed by atoms with E-state index in [0.29, 0.717) is 16.9 Å². The largest absolute Gasteiger partial charge is 0.480 e. The van der Waals surface area contributed by atoms with Crippen molar-refractivity contribution in [3.05, 3.63) is 28.8 Å². The van der Waals surface area contributed by atoms with Gasteiger partial charge in [0.15, 0.2) is 6.10 Å². The molecule has 1 atom stereocenters. The van der Waals surface area contributed by atoms with Crippen LogP contribution in [0.2, 0.25) is 0 Å². The molecule has 0 aliphatic rings. The molecule has 0 saturated carbocycles. The van der Waals surface area contributed by atoms with Gasteiger partial charge in [0.1, 0.15) is 5.75 Å². The maximum Gasteiger partial charge on any atom is 0.335 e. The van der Waals surface area contributed by atoms with Crippen LogP contribution in [0.3, 0.4) is 0 Å². The Morgan fingerprint density at radius 3 is 2.05 bits per heavy atom. The maximum absolute atomic E-state index is 12.0. The molecular formula is C16H23NO4. The third-order valence-corrected chi connectivity index (χ3v) is 2.87. The summed E-state index contributed by atoms with van der Waals surface area (Å²) in [5, 5.41) is 11.9. The van der Waals surface area contributed by atoms with Crippen molar-refractivity contribution in [3.8, 4) is 5.75 Å². The highest BCUT2D eigenvalue weighted by Crippen LogP contribution is 2.26. The summed E-state index contributed by atoms with van der Waals surface area (Å²) in [6.07, 6.45) is -0.655. The van der Waals surface area contributed by atoms with Crippen molar-refractivity contribution in [1.82, 2.24) is 5.32 Å². The van der Waals surface area contributed by atoms with Crippen LogP contribution in [0.25, 0.3) is 0 Å². The molecular weight excluding hydrogens is 270 g/mol. The molecule has 2 N–H and O–H groups in total. The lowest BCUT2D eigenvalue weighted by Gasteiger charge is -2.24. The predicted octanol–water partition coefficient (Wildman–Crippen LogP) is 2.68. The van der Waals surface area contributed by atoms with Crippen LogP contribution in [0.5, 0.6) is 5.75 Å². The van der Waals surface area contributed by atoms with Gasteiger partial charge in [-0.3, -0.25) is 4.79 Å². The van der Waals surface area contributed by atoms with Crippen molar-refractivity contribution in [1.29, 1.82) is 0 Å². The second kappa shape index (κ2) is 6.16. The number of aryl methyl sites for hydroxylation is 2. The van der Waals surface area contributed by atoms with E-state index < -0.39 is 12.1 Å². The highest BCUT2D eigenvalue weighted by molar-refractivity contribution is 5.88. The minimum atomic E-state index is -0.980. The van der Waals surface area contributed by atoms with E-state index in [0.717, 1.165) is 0 Å². The lowest BCUT2D eigenvalue weighted by Crippen LogP contribution is -2.46. The average molecular weight is 293 g/mol. The Morgan fingerprint density at radius 1 is 1.19 bits per heavy atom. The molecule has 1 unspecified atom stereocenters. The van der Waals surface area contributed by atoms with E-state index in [-0.39, 0.29) is 17.0 Å². The number of hydrogen-bond donors (Lipinski definition) is 2. The Bertz CT molecular complexity index is 535. The number of amides is 1. The highest BCUT2D eigenvalue weighted by atomic mass is 16.5. The number of carboxylic acids is 1. The van der Waals surface area contributed by atoms with Gasteiger partial charge in [0.05, 0.1) is 5.56 Å². The molecule has 5 nitrogen and oxygen atoms in total. The van der Waals surface area contributed by atoms with Crippen LogP contribution < -0.4 is 10.1 Å². The first-order chi connectivity index (χ1) is 9.51. The van der Waals surface area contributed by atoms with E-state index in [1.54, 1.807) is 32.9 Å². The smallest absolute Gasteiger partial charge is 0.335 e. The molecule has 0 aliphatic carbocycles. The van der Waals surface area contributed by atoms with Crippen molar-refractivity contribution in [3.63, 3.8) is 0 Å². The summed E-state index contributed by atoms with van der Waals surface area (Å²) in [5.74, 6) is -0.633. The number of hydrogen-bond acceptors (Lipinski definition) is 3. The van der Waals surface area contributed by atoms with Gasteiger partial charge in [-0.05, 0) is 64.8 Å². The van der Waals surface area contributed by atoms with Crippen LogP contribution in [-0.2, 0) is 4.79 Å². The minimum Gasteiger partial charge on any atom is -0.480 e. The fraction of sp³-hybridized carbons (Fsp3) is 0.500. The Labute approximate surface area is 125 Å². The maximum atomic E-state index is 12.0. The lowest BCUT2D eigenvalue weighted by molar-refractivity contribution is -0.128. The number of nitrogens with one attached hydrogen (secondary N) is 1. The summed E-state index contributed by atoms with van der Waals surface area (Å²) in [5.41, 5.74) is 1.28. The van der Waals surface area contributed by atoms with Crippen LogP contribution in [0.4, 0.5) is 0 Å². The summed E-state index contributed by atoms with van der Waals surface area (Å²) in [7, 11) is 0. The molecule has 0 aliphatic heterocycles. The second-order valence-electron chi connectivity index (χ2n) is 6.24. The standard InChI is InChI=1S/C16H23NO4/c1-9-7-12(15(19)20)8-10(2)13(9)21-11(3)14(18)17-16(4,5)6/h7-8,11H,1-6H3,(H,17,18)(H,19,20). The van der Waals surface area contributed by atoms with Crippen molar-refractivity contribution in [2.24, 2.45) is 0 Å². The first-order valence-electron chi connectivity index (χ1n) is 6.84. The molecule has 1 aromatic carbocycles. The van der Waals surface area contributed by atoms with E-state index in [1.165, 1.54) is 0 Å². The Morgan fingerprint density at radius 2 is 1.67 bits per heavy atom. The van der Waals surface area contributed by atoms with Gasteiger partial charge in [-0.25, -0.2) is 4.79 Å². The summed E-state index contributed by atoms with van der Waals surface area (Å²) in [6, 6.07) is 3.08. The van der Waals surface area contributed by atoms with E-state index >= 15 is 0 Å². The van der Waals surface area contributed by atoms with Gasteiger partial charge in [-0.15, -0.1) is 0 Å². The molecule has 0 heterocycles. The van der Waals surface area contributed by atoms with Gasteiger partial charge in [0.2, 0.25) is 0 Å². The number of carbonyl (C=O) groups is 2. The molecule has 0 aromatic heterocycles. The lowest BCUT2D eigenvalue weighted by atomic mass is 10.1. The van der Waals surface area contributed by atoms with Gasteiger partial charge in [-0.1, -0.05) is 0 Å². The summed E-state index contributed by atoms with van der Waals surface area (Å²) in [4.78, 5) is 23.0. The van der Waals surface area contributed by atoms with Crippen LogP contribution >= 0.6 is 0 Å². The first-order valence-corrected chi connectivity index (χ1v) is 6.84. The van der Waals surface area contributed by atoms with Crippen LogP contribution in [-0.4, -0.2) is 28.6 Å². The van der Waals surface area contributed by atoms with Gasteiger partial charge < -0.3 is 15.2 Å².